The number of aromatic nitrogens is 4. The van der Waals surface area contributed by atoms with Gasteiger partial charge in [0.15, 0.2) is 11.6 Å². The van der Waals surface area contributed by atoms with Crippen molar-refractivity contribution in [3.63, 3.8) is 0 Å². The molecule has 0 unspecified atom stereocenters. The lowest BCUT2D eigenvalue weighted by Crippen LogP contribution is -2.00. The van der Waals surface area contributed by atoms with Gasteiger partial charge in [-0.3, -0.25) is 0 Å². The van der Waals surface area contributed by atoms with E-state index in [1.54, 1.807) is 12.4 Å². The predicted molar refractivity (Wildman–Crippen MR) is 71.2 cm³/mol. The topological polar surface area (TPSA) is 69.6 Å². The smallest absolute Gasteiger partial charge is 0.163 e. The van der Waals surface area contributed by atoms with Crippen molar-refractivity contribution in [3.8, 4) is 11.5 Å². The van der Waals surface area contributed by atoms with Gasteiger partial charge in [-0.2, -0.15) is 0 Å². The molecule has 0 spiro atoms. The van der Waals surface area contributed by atoms with Crippen molar-refractivity contribution in [2.75, 3.05) is 5.73 Å². The summed E-state index contributed by atoms with van der Waals surface area (Å²) in [6, 6.07) is 5.56. The zero-order chi connectivity index (χ0) is 12.7. The minimum absolute atomic E-state index is 0.363. The maximum atomic E-state index is 5.96. The van der Waals surface area contributed by atoms with E-state index in [1.165, 1.54) is 0 Å². The van der Waals surface area contributed by atoms with Crippen molar-refractivity contribution in [3.05, 3.63) is 35.6 Å². The minimum Gasteiger partial charge on any atom is -0.382 e. The number of nitrogens with two attached hydrogens (primary N) is 1. The second kappa shape index (κ2) is 3.96. The van der Waals surface area contributed by atoms with Crippen LogP contribution in [0.4, 0.5) is 5.82 Å². The Labute approximate surface area is 108 Å². The Balaban J connectivity index is 2.31. The number of aryl methyl sites for hydroxylation is 1. The zero-order valence-corrected chi connectivity index (χ0v) is 10.4. The van der Waals surface area contributed by atoms with Crippen LogP contribution in [0.3, 0.4) is 0 Å². The molecule has 18 heavy (non-hydrogen) atoms. The van der Waals surface area contributed by atoms with Crippen molar-refractivity contribution in [1.29, 1.82) is 0 Å². The highest BCUT2D eigenvalue weighted by Gasteiger charge is 2.14. The summed E-state index contributed by atoms with van der Waals surface area (Å²) in [7, 11) is 1.91. The standard InChI is InChI=1S/C12H10ClN5/c1-18-9-3-2-7(13)6-8(9)17-12(18)10-11(14)16-5-4-15-10/h2-6H,1H3,(H2,14,16). The van der Waals surface area contributed by atoms with E-state index in [1.807, 2.05) is 29.8 Å². The second-order valence-electron chi connectivity index (χ2n) is 3.92. The molecule has 1 aromatic carbocycles. The molecule has 0 fully saturated rings. The van der Waals surface area contributed by atoms with Crippen molar-refractivity contribution in [2.45, 2.75) is 0 Å². The van der Waals surface area contributed by atoms with Crippen LogP contribution in [0.5, 0.6) is 0 Å². The fourth-order valence-electron chi connectivity index (χ4n) is 1.91. The van der Waals surface area contributed by atoms with Gasteiger partial charge in [-0.1, -0.05) is 11.6 Å². The molecule has 0 saturated heterocycles. The number of halogens is 1. The van der Waals surface area contributed by atoms with Crippen molar-refractivity contribution in [2.24, 2.45) is 7.05 Å². The Bertz CT molecular complexity index is 734. The van der Waals surface area contributed by atoms with Gasteiger partial charge in [0.2, 0.25) is 0 Å². The minimum atomic E-state index is 0.363. The first-order valence-electron chi connectivity index (χ1n) is 5.35. The highest BCUT2D eigenvalue weighted by atomic mass is 35.5. The molecule has 0 bridgehead atoms. The monoisotopic (exact) mass is 259 g/mol. The first-order chi connectivity index (χ1) is 8.66. The molecule has 0 aliphatic heterocycles. The number of nitrogens with zero attached hydrogens (tertiary/aromatic N) is 4. The maximum Gasteiger partial charge on any atom is 0.163 e. The van der Waals surface area contributed by atoms with Crippen molar-refractivity contribution >= 4 is 28.5 Å². The lowest BCUT2D eigenvalue weighted by atomic mass is 10.3. The molecule has 2 N–H and O–H groups in total. The molecule has 2 heterocycles. The van der Waals surface area contributed by atoms with E-state index in [0.717, 1.165) is 11.0 Å². The van der Waals surface area contributed by atoms with Gasteiger partial charge >= 0.3 is 0 Å². The van der Waals surface area contributed by atoms with E-state index >= 15 is 0 Å². The number of imidazole rings is 1. The second-order valence-corrected chi connectivity index (χ2v) is 4.35. The van der Waals surface area contributed by atoms with Gasteiger partial charge in [-0.05, 0) is 18.2 Å². The number of fused-ring (bicyclic) bond motifs is 1. The van der Waals surface area contributed by atoms with E-state index in [0.29, 0.717) is 22.4 Å². The third kappa shape index (κ3) is 1.60. The molecular formula is C12H10ClN5. The summed E-state index contributed by atoms with van der Waals surface area (Å²) in [4.78, 5) is 12.7. The fraction of sp³-hybridized carbons (Fsp3) is 0.0833. The normalized spacial score (nSPS) is 11.0. The quantitative estimate of drug-likeness (QED) is 0.728. The van der Waals surface area contributed by atoms with Gasteiger partial charge in [0, 0.05) is 24.5 Å². The maximum absolute atomic E-state index is 5.96. The van der Waals surface area contributed by atoms with Crippen LogP contribution in [0.15, 0.2) is 30.6 Å². The first kappa shape index (κ1) is 11.0. The van der Waals surface area contributed by atoms with Crippen LogP contribution in [0.2, 0.25) is 5.02 Å². The molecule has 0 atom stereocenters. The summed E-state index contributed by atoms with van der Waals surface area (Å²) in [5.41, 5.74) is 8.18. The van der Waals surface area contributed by atoms with E-state index < -0.39 is 0 Å². The van der Waals surface area contributed by atoms with Crippen LogP contribution in [-0.2, 0) is 7.05 Å². The number of anilines is 1. The van der Waals surface area contributed by atoms with E-state index in [4.69, 9.17) is 17.3 Å². The van der Waals surface area contributed by atoms with Gasteiger partial charge in [-0.15, -0.1) is 0 Å². The molecule has 0 aliphatic carbocycles. The summed E-state index contributed by atoms with van der Waals surface area (Å²) >= 11 is 5.96. The molecule has 0 amide bonds. The third-order valence-corrected chi connectivity index (χ3v) is 3.02. The van der Waals surface area contributed by atoms with Gasteiger partial charge in [0.05, 0.1) is 11.0 Å². The van der Waals surface area contributed by atoms with E-state index in [-0.39, 0.29) is 0 Å². The highest BCUT2D eigenvalue weighted by molar-refractivity contribution is 6.31. The average Bonchev–Trinajstić information content (AvgIpc) is 2.67. The van der Waals surface area contributed by atoms with Gasteiger partial charge in [0.1, 0.15) is 5.69 Å². The summed E-state index contributed by atoms with van der Waals surface area (Å²) in [6.07, 6.45) is 3.15. The van der Waals surface area contributed by atoms with Crippen molar-refractivity contribution < 1.29 is 0 Å². The summed E-state index contributed by atoms with van der Waals surface area (Å²) in [5.74, 6) is 1.04. The van der Waals surface area contributed by atoms with Gasteiger partial charge in [-0.25, -0.2) is 15.0 Å². The molecule has 0 radical (unpaired) electrons. The van der Waals surface area contributed by atoms with Crippen LogP contribution in [0.25, 0.3) is 22.6 Å². The van der Waals surface area contributed by atoms with Gasteiger partial charge < -0.3 is 10.3 Å². The zero-order valence-electron chi connectivity index (χ0n) is 9.63. The number of rotatable bonds is 1. The Morgan fingerprint density at radius 3 is 2.78 bits per heavy atom. The fourth-order valence-corrected chi connectivity index (χ4v) is 2.07. The van der Waals surface area contributed by atoms with Crippen LogP contribution >= 0.6 is 11.6 Å². The van der Waals surface area contributed by atoms with Crippen LogP contribution < -0.4 is 5.73 Å². The van der Waals surface area contributed by atoms with E-state index in [9.17, 15) is 0 Å². The summed E-state index contributed by atoms with van der Waals surface area (Å²) in [6.45, 7) is 0. The molecule has 90 valence electrons. The number of hydrogen-bond acceptors (Lipinski definition) is 4. The molecule has 5 nitrogen and oxygen atoms in total. The Morgan fingerprint density at radius 1 is 1.22 bits per heavy atom. The van der Waals surface area contributed by atoms with Crippen LogP contribution in [0, 0.1) is 0 Å². The van der Waals surface area contributed by atoms with E-state index in [2.05, 4.69) is 15.0 Å². The first-order valence-corrected chi connectivity index (χ1v) is 5.73. The Kier molecular flexibility index (Phi) is 2.41. The largest absolute Gasteiger partial charge is 0.382 e. The predicted octanol–water partition coefficient (Wildman–Crippen LogP) is 2.27. The number of hydrogen-bond donors (Lipinski definition) is 1. The molecular weight excluding hydrogens is 250 g/mol. The molecule has 3 aromatic rings. The number of benzene rings is 1. The molecule has 3 rings (SSSR count). The highest BCUT2D eigenvalue weighted by Crippen LogP contribution is 2.26. The summed E-state index contributed by atoms with van der Waals surface area (Å²) < 4.78 is 1.92. The van der Waals surface area contributed by atoms with Crippen molar-refractivity contribution in [1.82, 2.24) is 19.5 Å². The molecule has 6 heteroatoms. The summed E-state index contributed by atoms with van der Waals surface area (Å²) in [5, 5.41) is 0.652. The Hall–Kier alpha value is -2.14. The molecule has 2 aromatic heterocycles. The Morgan fingerprint density at radius 2 is 2.00 bits per heavy atom. The van der Waals surface area contributed by atoms with Gasteiger partial charge in [0.25, 0.3) is 0 Å². The lowest BCUT2D eigenvalue weighted by molar-refractivity contribution is 0.948. The number of nitrogen functional groups attached to an aromatic ring is 1. The molecule has 0 saturated carbocycles. The van der Waals surface area contributed by atoms with Crippen LogP contribution in [0.1, 0.15) is 0 Å². The third-order valence-electron chi connectivity index (χ3n) is 2.78. The average molecular weight is 260 g/mol. The molecule has 0 aliphatic rings. The SMILES string of the molecule is Cn1c(-c2nccnc2N)nc2cc(Cl)ccc21. The lowest BCUT2D eigenvalue weighted by Gasteiger charge is -2.03. The van der Waals surface area contributed by atoms with Crippen LogP contribution in [-0.4, -0.2) is 19.5 Å².